The van der Waals surface area contributed by atoms with Crippen molar-refractivity contribution in [1.82, 2.24) is 4.90 Å². The standard InChI is InChI=1S/C25H25ClFN3O3S/c1-14-12-25(2,3)29(4)20-11-19(27)15(8-18(14)20)9-21-23(32)30(24(33)34-21)13-22(31)28-17-7-5-6-16(26)10-17/h5-11,14H,12-13H2,1-4H3,(H,28,31)/b21-9+. The number of thioether (sulfide) groups is 1. The maximum Gasteiger partial charge on any atom is 0.294 e. The molecule has 1 fully saturated rings. The summed E-state index contributed by atoms with van der Waals surface area (Å²) in [5.74, 6) is -1.43. The molecule has 0 bridgehead atoms. The van der Waals surface area contributed by atoms with E-state index in [1.165, 1.54) is 12.1 Å². The molecule has 34 heavy (non-hydrogen) atoms. The number of hydrogen-bond donors (Lipinski definition) is 1. The lowest BCUT2D eigenvalue weighted by Gasteiger charge is -2.45. The monoisotopic (exact) mass is 501 g/mol. The Kier molecular flexibility index (Phi) is 6.48. The van der Waals surface area contributed by atoms with Crippen LogP contribution in [0.5, 0.6) is 0 Å². The topological polar surface area (TPSA) is 69.7 Å². The molecule has 2 aromatic carbocycles. The van der Waals surface area contributed by atoms with Crippen molar-refractivity contribution in [2.24, 2.45) is 0 Å². The first-order chi connectivity index (χ1) is 16.0. The van der Waals surface area contributed by atoms with Gasteiger partial charge in [-0.15, -0.1) is 0 Å². The molecule has 2 aromatic rings. The first-order valence-corrected chi connectivity index (χ1v) is 12.0. The second-order valence-electron chi connectivity index (χ2n) is 9.24. The molecular formula is C25H25ClFN3O3S. The van der Waals surface area contributed by atoms with Crippen molar-refractivity contribution >= 4 is 57.9 Å². The van der Waals surface area contributed by atoms with Gasteiger partial charge in [-0.05, 0) is 79.9 Å². The van der Waals surface area contributed by atoms with Crippen molar-refractivity contribution in [2.45, 2.75) is 38.6 Å². The summed E-state index contributed by atoms with van der Waals surface area (Å²) in [6.45, 7) is 5.90. The van der Waals surface area contributed by atoms with Crippen LogP contribution in [0.15, 0.2) is 41.3 Å². The Hall–Kier alpha value is -2.84. The number of hydrogen-bond acceptors (Lipinski definition) is 5. The smallest absolute Gasteiger partial charge is 0.294 e. The van der Waals surface area contributed by atoms with Gasteiger partial charge in [-0.2, -0.15) is 0 Å². The van der Waals surface area contributed by atoms with Crippen LogP contribution in [0.2, 0.25) is 5.02 Å². The first kappa shape index (κ1) is 24.3. The number of fused-ring (bicyclic) bond motifs is 1. The fourth-order valence-electron chi connectivity index (χ4n) is 4.40. The van der Waals surface area contributed by atoms with E-state index >= 15 is 4.39 Å². The molecule has 1 unspecified atom stereocenters. The molecule has 0 aliphatic carbocycles. The predicted molar refractivity (Wildman–Crippen MR) is 135 cm³/mol. The second-order valence-corrected chi connectivity index (χ2v) is 10.7. The maximum atomic E-state index is 15.0. The van der Waals surface area contributed by atoms with Gasteiger partial charge in [0.15, 0.2) is 0 Å². The van der Waals surface area contributed by atoms with Crippen molar-refractivity contribution < 1.29 is 18.8 Å². The highest BCUT2D eigenvalue weighted by Crippen LogP contribution is 2.44. The summed E-state index contributed by atoms with van der Waals surface area (Å²) < 4.78 is 15.0. The van der Waals surface area contributed by atoms with Crippen LogP contribution < -0.4 is 10.2 Å². The van der Waals surface area contributed by atoms with Crippen LogP contribution in [-0.4, -0.2) is 41.1 Å². The SMILES string of the molecule is CC1CC(C)(C)N(C)c2cc(F)c(/C=C3/SC(=O)N(CC(=O)Nc4cccc(Cl)c4)C3=O)cc21. The van der Waals surface area contributed by atoms with Crippen LogP contribution in [0.3, 0.4) is 0 Å². The zero-order chi connectivity index (χ0) is 24.8. The molecule has 178 valence electrons. The minimum Gasteiger partial charge on any atom is -0.369 e. The fraction of sp³-hybridized carbons (Fsp3) is 0.320. The number of nitrogens with zero attached hydrogens (tertiary/aromatic N) is 2. The lowest BCUT2D eigenvalue weighted by molar-refractivity contribution is -0.127. The Morgan fingerprint density at radius 2 is 2.03 bits per heavy atom. The van der Waals surface area contributed by atoms with Crippen molar-refractivity contribution in [2.75, 3.05) is 23.8 Å². The third-order valence-electron chi connectivity index (χ3n) is 6.32. The molecule has 3 amide bonds. The van der Waals surface area contributed by atoms with Crippen molar-refractivity contribution in [3.8, 4) is 0 Å². The van der Waals surface area contributed by atoms with E-state index in [-0.39, 0.29) is 21.9 Å². The van der Waals surface area contributed by atoms with Crippen molar-refractivity contribution in [3.63, 3.8) is 0 Å². The van der Waals surface area contributed by atoms with Gasteiger partial charge >= 0.3 is 0 Å². The molecule has 1 N–H and O–H groups in total. The largest absolute Gasteiger partial charge is 0.369 e. The van der Waals surface area contributed by atoms with Gasteiger partial charge in [0.2, 0.25) is 5.91 Å². The van der Waals surface area contributed by atoms with Gasteiger partial charge in [0.05, 0.1) is 4.91 Å². The Morgan fingerprint density at radius 1 is 1.29 bits per heavy atom. The average molecular weight is 502 g/mol. The molecule has 4 rings (SSSR count). The minimum absolute atomic E-state index is 0.0801. The molecule has 2 aliphatic heterocycles. The van der Waals surface area contributed by atoms with Gasteiger partial charge in [0, 0.05) is 34.5 Å². The zero-order valence-electron chi connectivity index (χ0n) is 19.3. The summed E-state index contributed by atoms with van der Waals surface area (Å²) in [7, 11) is 1.95. The highest BCUT2D eigenvalue weighted by Gasteiger charge is 2.38. The molecule has 0 saturated carbocycles. The van der Waals surface area contributed by atoms with Gasteiger partial charge in [0.25, 0.3) is 11.1 Å². The molecule has 0 radical (unpaired) electrons. The van der Waals surface area contributed by atoms with Crippen LogP contribution in [0, 0.1) is 5.82 Å². The normalized spacial score (nSPS) is 20.6. The van der Waals surface area contributed by atoms with Crippen LogP contribution in [0.25, 0.3) is 6.08 Å². The summed E-state index contributed by atoms with van der Waals surface area (Å²) in [5.41, 5.74) is 2.42. The Bertz CT molecular complexity index is 1230. The quantitative estimate of drug-likeness (QED) is 0.530. The van der Waals surface area contributed by atoms with Gasteiger partial charge in [0.1, 0.15) is 12.4 Å². The van der Waals surface area contributed by atoms with Crippen molar-refractivity contribution in [3.05, 3.63) is 63.3 Å². The first-order valence-electron chi connectivity index (χ1n) is 10.8. The number of rotatable bonds is 4. The fourth-order valence-corrected chi connectivity index (χ4v) is 5.42. The van der Waals surface area contributed by atoms with Crippen LogP contribution >= 0.6 is 23.4 Å². The summed E-state index contributed by atoms with van der Waals surface area (Å²) in [4.78, 5) is 40.7. The number of carbonyl (C=O) groups is 3. The number of imide groups is 1. The van der Waals surface area contributed by atoms with Gasteiger partial charge in [-0.3, -0.25) is 19.3 Å². The third-order valence-corrected chi connectivity index (χ3v) is 7.46. The van der Waals surface area contributed by atoms with Gasteiger partial charge < -0.3 is 10.2 Å². The summed E-state index contributed by atoms with van der Waals surface area (Å²) in [5, 5.41) is 2.48. The molecule has 9 heteroatoms. The number of benzene rings is 2. The molecule has 1 saturated heterocycles. The van der Waals surface area contributed by atoms with E-state index in [0.717, 1.165) is 22.6 Å². The van der Waals surface area contributed by atoms with E-state index < -0.39 is 29.4 Å². The molecule has 1 atom stereocenters. The second kappa shape index (κ2) is 9.07. The third kappa shape index (κ3) is 4.70. The number of anilines is 2. The van der Waals surface area contributed by atoms with Crippen LogP contribution in [0.1, 0.15) is 44.2 Å². The molecule has 2 aliphatic rings. The molecular weight excluding hydrogens is 477 g/mol. The highest BCUT2D eigenvalue weighted by atomic mass is 35.5. The van der Waals surface area contributed by atoms with E-state index in [2.05, 4.69) is 31.0 Å². The lowest BCUT2D eigenvalue weighted by Crippen LogP contribution is -2.45. The number of amides is 3. The number of carbonyl (C=O) groups excluding carboxylic acids is 3. The van der Waals surface area contributed by atoms with Crippen LogP contribution in [0.4, 0.5) is 20.6 Å². The predicted octanol–water partition coefficient (Wildman–Crippen LogP) is 5.88. The van der Waals surface area contributed by atoms with E-state index in [0.29, 0.717) is 22.5 Å². The Labute approximate surface area is 207 Å². The molecule has 6 nitrogen and oxygen atoms in total. The Morgan fingerprint density at radius 3 is 2.74 bits per heavy atom. The van der Waals surface area contributed by atoms with Gasteiger partial charge in [-0.1, -0.05) is 24.6 Å². The number of halogens is 2. The maximum absolute atomic E-state index is 15.0. The van der Waals surface area contributed by atoms with Crippen LogP contribution in [-0.2, 0) is 9.59 Å². The van der Waals surface area contributed by atoms with E-state index in [9.17, 15) is 14.4 Å². The Balaban J connectivity index is 1.54. The highest BCUT2D eigenvalue weighted by molar-refractivity contribution is 8.18. The summed E-state index contributed by atoms with van der Waals surface area (Å²) >= 11 is 6.61. The van der Waals surface area contributed by atoms with E-state index in [4.69, 9.17) is 11.6 Å². The summed E-state index contributed by atoms with van der Waals surface area (Å²) in [6, 6.07) is 9.79. The van der Waals surface area contributed by atoms with Gasteiger partial charge in [-0.25, -0.2) is 4.39 Å². The van der Waals surface area contributed by atoms with Crippen molar-refractivity contribution in [1.29, 1.82) is 0 Å². The molecule has 0 spiro atoms. The lowest BCUT2D eigenvalue weighted by atomic mass is 9.80. The number of nitrogens with one attached hydrogen (secondary N) is 1. The molecule has 2 heterocycles. The molecule has 0 aromatic heterocycles. The van der Waals surface area contributed by atoms with E-state index in [1.54, 1.807) is 30.3 Å². The summed E-state index contributed by atoms with van der Waals surface area (Å²) in [6.07, 6.45) is 2.29. The minimum atomic E-state index is -0.625. The van der Waals surface area contributed by atoms with E-state index in [1.807, 2.05) is 7.05 Å². The zero-order valence-corrected chi connectivity index (χ0v) is 20.9. The average Bonchev–Trinajstić information content (AvgIpc) is 3.00.